The van der Waals surface area contributed by atoms with Crippen molar-refractivity contribution >= 4 is 27.5 Å². The highest BCUT2D eigenvalue weighted by Crippen LogP contribution is 2.17. The Morgan fingerprint density at radius 1 is 1.69 bits per heavy atom. The van der Waals surface area contributed by atoms with Crippen LogP contribution < -0.4 is 10.1 Å². The van der Waals surface area contributed by atoms with E-state index >= 15 is 0 Å². The fraction of sp³-hybridized carbons (Fsp3) is 0.273. The molecule has 1 unspecified atom stereocenters. The van der Waals surface area contributed by atoms with Crippen LogP contribution in [0.2, 0.25) is 0 Å². The standard InChI is InChI=1S/C11H11BrN2O2/c1-8(12)11(15)14-9-3-2-4-10(7-9)16-6-5-13/h2-4,7-8H,6H2,1H3,(H,14,15). The number of nitrogens with zero attached hydrogens (tertiary/aromatic N) is 1. The molecule has 0 aliphatic heterocycles. The number of carbonyl (C=O) groups is 1. The number of rotatable bonds is 4. The molecule has 0 saturated heterocycles. The predicted molar refractivity (Wildman–Crippen MR) is 64.6 cm³/mol. The summed E-state index contributed by atoms with van der Waals surface area (Å²) in [5.74, 6) is 0.430. The number of carbonyl (C=O) groups excluding carboxylic acids is 1. The van der Waals surface area contributed by atoms with E-state index in [2.05, 4.69) is 21.2 Å². The van der Waals surface area contributed by atoms with Gasteiger partial charge in [-0.25, -0.2) is 0 Å². The minimum absolute atomic E-state index is 0.00769. The second-order valence-electron chi connectivity index (χ2n) is 3.08. The monoisotopic (exact) mass is 282 g/mol. The molecule has 1 aromatic carbocycles. The van der Waals surface area contributed by atoms with Crippen LogP contribution in [-0.4, -0.2) is 17.3 Å². The lowest BCUT2D eigenvalue weighted by molar-refractivity contribution is -0.115. The molecule has 4 nitrogen and oxygen atoms in total. The molecular weight excluding hydrogens is 272 g/mol. The van der Waals surface area contributed by atoms with Crippen molar-refractivity contribution in [2.75, 3.05) is 11.9 Å². The topological polar surface area (TPSA) is 62.1 Å². The lowest BCUT2D eigenvalue weighted by Crippen LogP contribution is -2.19. The van der Waals surface area contributed by atoms with Gasteiger partial charge in [-0.2, -0.15) is 5.26 Å². The van der Waals surface area contributed by atoms with Crippen LogP contribution in [0.5, 0.6) is 5.75 Å². The van der Waals surface area contributed by atoms with Gasteiger partial charge >= 0.3 is 0 Å². The van der Waals surface area contributed by atoms with Gasteiger partial charge in [-0.15, -0.1) is 0 Å². The van der Waals surface area contributed by atoms with Crippen LogP contribution in [0, 0.1) is 11.3 Å². The Hall–Kier alpha value is -1.54. The average molecular weight is 283 g/mol. The molecule has 0 aliphatic carbocycles. The van der Waals surface area contributed by atoms with Gasteiger partial charge < -0.3 is 10.1 Å². The minimum Gasteiger partial charge on any atom is -0.479 e. The second kappa shape index (κ2) is 6.13. The normalized spacial score (nSPS) is 11.3. The van der Waals surface area contributed by atoms with Crippen molar-refractivity contribution in [2.45, 2.75) is 11.8 Å². The molecule has 5 heteroatoms. The van der Waals surface area contributed by atoms with Crippen molar-refractivity contribution in [1.29, 1.82) is 5.26 Å². The Labute approximate surface area is 102 Å². The molecule has 1 N–H and O–H groups in total. The number of benzene rings is 1. The van der Waals surface area contributed by atoms with Crippen LogP contribution in [0.1, 0.15) is 6.92 Å². The molecule has 1 rings (SSSR count). The summed E-state index contributed by atoms with van der Waals surface area (Å²) in [5, 5.41) is 11.1. The van der Waals surface area contributed by atoms with E-state index in [1.807, 2.05) is 6.07 Å². The number of hydrogen-bond donors (Lipinski definition) is 1. The lowest BCUT2D eigenvalue weighted by Gasteiger charge is -2.08. The molecule has 1 amide bonds. The third-order valence-electron chi connectivity index (χ3n) is 1.77. The van der Waals surface area contributed by atoms with E-state index in [4.69, 9.17) is 10.00 Å². The SMILES string of the molecule is CC(Br)C(=O)Nc1cccc(OCC#N)c1. The Bertz CT molecular complexity index is 413. The highest BCUT2D eigenvalue weighted by atomic mass is 79.9. The maximum atomic E-state index is 11.4. The molecule has 0 fully saturated rings. The van der Waals surface area contributed by atoms with Crippen molar-refractivity contribution < 1.29 is 9.53 Å². The number of nitriles is 1. The van der Waals surface area contributed by atoms with E-state index in [0.717, 1.165) is 0 Å². The third kappa shape index (κ3) is 3.91. The van der Waals surface area contributed by atoms with Gasteiger partial charge in [-0.3, -0.25) is 4.79 Å². The van der Waals surface area contributed by atoms with Gasteiger partial charge in [0.05, 0.1) is 4.83 Å². The molecule has 0 aromatic heterocycles. The summed E-state index contributed by atoms with van der Waals surface area (Å²) in [6.45, 7) is 1.73. The van der Waals surface area contributed by atoms with Crippen molar-refractivity contribution in [3.8, 4) is 11.8 Å². The molecule has 84 valence electrons. The number of ether oxygens (including phenoxy) is 1. The molecule has 0 bridgehead atoms. The van der Waals surface area contributed by atoms with Crippen LogP contribution in [0.25, 0.3) is 0 Å². The number of amides is 1. The number of nitrogens with one attached hydrogen (secondary N) is 1. The van der Waals surface area contributed by atoms with Gasteiger partial charge in [0.15, 0.2) is 6.61 Å². The highest BCUT2D eigenvalue weighted by molar-refractivity contribution is 9.10. The summed E-state index contributed by atoms with van der Waals surface area (Å²) in [6.07, 6.45) is 0. The van der Waals surface area contributed by atoms with E-state index in [0.29, 0.717) is 11.4 Å². The largest absolute Gasteiger partial charge is 0.479 e. The van der Waals surface area contributed by atoms with Crippen LogP contribution in [-0.2, 0) is 4.79 Å². The van der Waals surface area contributed by atoms with Gasteiger partial charge in [0.2, 0.25) is 5.91 Å². The van der Waals surface area contributed by atoms with E-state index < -0.39 is 0 Å². The summed E-state index contributed by atoms with van der Waals surface area (Å²) in [4.78, 5) is 11.1. The quantitative estimate of drug-likeness (QED) is 0.862. The fourth-order valence-electron chi connectivity index (χ4n) is 1.02. The summed E-state index contributed by atoms with van der Waals surface area (Å²) >= 11 is 3.17. The van der Waals surface area contributed by atoms with Crippen molar-refractivity contribution in [2.24, 2.45) is 0 Å². The number of alkyl halides is 1. The number of hydrogen-bond acceptors (Lipinski definition) is 3. The van der Waals surface area contributed by atoms with Gasteiger partial charge in [0.1, 0.15) is 11.8 Å². The van der Waals surface area contributed by atoms with Crippen molar-refractivity contribution in [3.63, 3.8) is 0 Å². The molecular formula is C11H11BrN2O2. The Kier molecular flexibility index (Phi) is 4.80. The first kappa shape index (κ1) is 12.5. The van der Waals surface area contributed by atoms with Crippen molar-refractivity contribution in [1.82, 2.24) is 0 Å². The predicted octanol–water partition coefficient (Wildman–Crippen LogP) is 2.31. The first-order valence-electron chi connectivity index (χ1n) is 4.68. The summed E-state index contributed by atoms with van der Waals surface area (Å²) in [5.41, 5.74) is 0.645. The summed E-state index contributed by atoms with van der Waals surface area (Å²) in [6, 6.07) is 8.78. The van der Waals surface area contributed by atoms with Crippen molar-refractivity contribution in [3.05, 3.63) is 24.3 Å². The smallest absolute Gasteiger partial charge is 0.237 e. The zero-order valence-corrected chi connectivity index (χ0v) is 10.3. The molecule has 0 spiro atoms. The zero-order chi connectivity index (χ0) is 12.0. The van der Waals surface area contributed by atoms with Gasteiger partial charge in [0.25, 0.3) is 0 Å². The lowest BCUT2D eigenvalue weighted by atomic mass is 10.3. The second-order valence-corrected chi connectivity index (χ2v) is 4.45. The Morgan fingerprint density at radius 3 is 3.06 bits per heavy atom. The Morgan fingerprint density at radius 2 is 2.44 bits per heavy atom. The fourth-order valence-corrected chi connectivity index (χ4v) is 1.14. The maximum Gasteiger partial charge on any atom is 0.237 e. The first-order chi connectivity index (χ1) is 7.63. The first-order valence-corrected chi connectivity index (χ1v) is 5.60. The molecule has 0 aliphatic rings. The summed E-state index contributed by atoms with van der Waals surface area (Å²) < 4.78 is 5.11. The van der Waals surface area contributed by atoms with Crippen LogP contribution in [0.4, 0.5) is 5.69 Å². The van der Waals surface area contributed by atoms with Crippen LogP contribution in [0.3, 0.4) is 0 Å². The van der Waals surface area contributed by atoms with E-state index in [1.54, 1.807) is 31.2 Å². The van der Waals surface area contributed by atoms with Gasteiger partial charge in [-0.05, 0) is 19.1 Å². The third-order valence-corrected chi connectivity index (χ3v) is 2.18. The summed E-state index contributed by atoms with van der Waals surface area (Å²) in [7, 11) is 0. The highest BCUT2D eigenvalue weighted by Gasteiger charge is 2.08. The van der Waals surface area contributed by atoms with E-state index in [9.17, 15) is 4.79 Å². The van der Waals surface area contributed by atoms with E-state index in [1.165, 1.54) is 0 Å². The van der Waals surface area contributed by atoms with Gasteiger partial charge in [-0.1, -0.05) is 22.0 Å². The number of anilines is 1. The average Bonchev–Trinajstić information content (AvgIpc) is 2.26. The minimum atomic E-state index is -0.254. The molecule has 1 aromatic rings. The number of halogens is 1. The molecule has 1 atom stereocenters. The molecule has 16 heavy (non-hydrogen) atoms. The molecule has 0 heterocycles. The van der Waals surface area contributed by atoms with Gasteiger partial charge in [0, 0.05) is 11.8 Å². The molecule has 0 radical (unpaired) electrons. The zero-order valence-electron chi connectivity index (χ0n) is 8.74. The maximum absolute atomic E-state index is 11.4. The van der Waals surface area contributed by atoms with Crippen LogP contribution in [0.15, 0.2) is 24.3 Å². The van der Waals surface area contributed by atoms with Crippen LogP contribution >= 0.6 is 15.9 Å². The van der Waals surface area contributed by atoms with E-state index in [-0.39, 0.29) is 17.3 Å². The Balaban J connectivity index is 2.68. The molecule has 0 saturated carbocycles.